The number of hydrogen-bond donors (Lipinski definition) is 4. The van der Waals surface area contributed by atoms with Gasteiger partial charge in [0.1, 0.15) is 11.3 Å². The van der Waals surface area contributed by atoms with Gasteiger partial charge in [-0.2, -0.15) is 0 Å². The molecule has 1 saturated heterocycles. The molecule has 0 atom stereocenters. The summed E-state index contributed by atoms with van der Waals surface area (Å²) in [7, 11) is 4.67. The molecular weight excluding hydrogens is 458 g/mol. The van der Waals surface area contributed by atoms with E-state index in [9.17, 15) is 5.21 Å². The zero-order valence-electron chi connectivity index (χ0n) is 19.2. The Labute approximate surface area is 202 Å². The van der Waals surface area contributed by atoms with Crippen molar-refractivity contribution in [3.8, 4) is 17.2 Å². The van der Waals surface area contributed by atoms with Gasteiger partial charge in [-0.25, -0.2) is 15.0 Å². The van der Waals surface area contributed by atoms with E-state index in [0.717, 1.165) is 12.8 Å². The van der Waals surface area contributed by atoms with Crippen molar-refractivity contribution in [3.05, 3.63) is 35.7 Å². The van der Waals surface area contributed by atoms with Gasteiger partial charge in [0.25, 0.3) is 0 Å². The van der Waals surface area contributed by atoms with E-state index in [2.05, 4.69) is 30.9 Å². The number of methoxy groups -OCH3 is 3. The summed E-state index contributed by atoms with van der Waals surface area (Å²) in [5.74, 6) is 2.59. The summed E-state index contributed by atoms with van der Waals surface area (Å²) in [6.45, 7) is 1.18. The number of rotatable bonds is 7. The molecule has 1 fully saturated rings. The molecule has 0 aliphatic carbocycles. The number of quaternary nitrogens is 1. The van der Waals surface area contributed by atoms with Crippen LogP contribution in [0.15, 0.2) is 30.5 Å². The zero-order valence-corrected chi connectivity index (χ0v) is 20.0. The summed E-state index contributed by atoms with van der Waals surface area (Å²) in [6.07, 6.45) is 3.19. The lowest BCUT2D eigenvalue weighted by Crippen LogP contribution is -3.08. The third-order valence-electron chi connectivity index (χ3n) is 5.46. The number of aromatic nitrogens is 3. The Morgan fingerprint density at radius 3 is 2.35 bits per heavy atom. The number of piperidine rings is 1. The molecule has 0 amide bonds. The SMILES string of the molecule is COc1cc(Nc2cnc3ccc(NC(=S)NC4CC[NH+]([O-])CC4)nc3n2)cc(OC)c1OC. The number of thiocarbonyl (C=S) groups is 1. The molecule has 1 aromatic carbocycles. The van der Waals surface area contributed by atoms with Crippen molar-refractivity contribution in [3.63, 3.8) is 0 Å². The first-order valence-electron chi connectivity index (χ1n) is 10.8. The van der Waals surface area contributed by atoms with Crippen LogP contribution >= 0.6 is 12.2 Å². The number of hydroxylamine groups is 2. The molecule has 3 heterocycles. The number of nitrogens with zero attached hydrogens (tertiary/aromatic N) is 3. The molecule has 0 saturated carbocycles. The van der Waals surface area contributed by atoms with Crippen molar-refractivity contribution in [2.45, 2.75) is 18.9 Å². The fourth-order valence-corrected chi connectivity index (χ4v) is 4.02. The number of ether oxygens (including phenoxy) is 3. The smallest absolute Gasteiger partial charge is 0.203 e. The molecule has 0 bridgehead atoms. The van der Waals surface area contributed by atoms with Crippen molar-refractivity contribution >= 4 is 45.8 Å². The second-order valence-corrected chi connectivity index (χ2v) is 8.15. The van der Waals surface area contributed by atoms with E-state index in [0.29, 0.717) is 69.0 Å². The second kappa shape index (κ2) is 10.6. The summed E-state index contributed by atoms with van der Waals surface area (Å²) in [5, 5.41) is 21.7. The van der Waals surface area contributed by atoms with Gasteiger partial charge >= 0.3 is 0 Å². The van der Waals surface area contributed by atoms with E-state index in [4.69, 9.17) is 26.4 Å². The Morgan fingerprint density at radius 2 is 1.71 bits per heavy atom. The van der Waals surface area contributed by atoms with E-state index >= 15 is 0 Å². The Kier molecular flexibility index (Phi) is 7.40. The van der Waals surface area contributed by atoms with Crippen LogP contribution in [0.4, 0.5) is 17.3 Å². The Bertz CT molecular complexity index is 1150. The van der Waals surface area contributed by atoms with Crippen LogP contribution in [0, 0.1) is 5.21 Å². The highest BCUT2D eigenvalue weighted by atomic mass is 32.1. The molecule has 34 heavy (non-hydrogen) atoms. The third kappa shape index (κ3) is 5.53. The van der Waals surface area contributed by atoms with Crippen LogP contribution in [-0.2, 0) is 0 Å². The highest BCUT2D eigenvalue weighted by Crippen LogP contribution is 2.40. The van der Waals surface area contributed by atoms with E-state index in [1.807, 2.05) is 6.07 Å². The number of hydrogen-bond acceptors (Lipinski definition) is 9. The van der Waals surface area contributed by atoms with Crippen LogP contribution in [0.3, 0.4) is 0 Å². The molecule has 2 aromatic heterocycles. The highest BCUT2D eigenvalue weighted by Gasteiger charge is 2.18. The minimum Gasteiger partial charge on any atom is -0.634 e. The summed E-state index contributed by atoms with van der Waals surface area (Å²) < 4.78 is 16.2. The first-order valence-corrected chi connectivity index (χ1v) is 11.2. The van der Waals surface area contributed by atoms with Gasteiger partial charge in [-0.05, 0) is 24.4 Å². The maximum Gasteiger partial charge on any atom is 0.203 e. The first-order chi connectivity index (χ1) is 16.5. The molecule has 0 radical (unpaired) electrons. The molecular formula is C22H27N7O4S. The summed E-state index contributed by atoms with van der Waals surface area (Å²) in [5.41, 5.74) is 1.79. The number of benzene rings is 1. The standard InChI is InChI=1S/C22H27N7O4S/c1-31-16-10-14(11-17(32-2)20(16)33-3)24-19-12-23-15-4-5-18(26-21(15)27-19)28-22(34)25-13-6-8-29(30)9-7-13/h4-5,10-13,29H,6-9H2,1-3H3,(H3,24,25,26,27,28,34). The van der Waals surface area contributed by atoms with Crippen LogP contribution in [-0.4, -0.2) is 60.5 Å². The van der Waals surface area contributed by atoms with E-state index < -0.39 is 0 Å². The average molecular weight is 486 g/mol. The monoisotopic (exact) mass is 485 g/mol. The van der Waals surface area contributed by atoms with Gasteiger partial charge in [-0.15, -0.1) is 0 Å². The molecule has 0 unspecified atom stereocenters. The molecule has 3 aromatic rings. The molecule has 180 valence electrons. The number of pyridine rings is 1. The fourth-order valence-electron chi connectivity index (χ4n) is 3.75. The predicted octanol–water partition coefficient (Wildman–Crippen LogP) is 1.63. The number of nitrogens with one attached hydrogen (secondary N) is 4. The van der Waals surface area contributed by atoms with Gasteiger partial charge in [-0.1, -0.05) is 0 Å². The molecule has 0 spiro atoms. The lowest BCUT2D eigenvalue weighted by atomic mass is 10.1. The van der Waals surface area contributed by atoms with Gasteiger partial charge in [0.15, 0.2) is 28.1 Å². The lowest BCUT2D eigenvalue weighted by molar-refractivity contribution is -0.853. The minimum absolute atomic E-state index is 0.187. The van der Waals surface area contributed by atoms with Gasteiger partial charge in [0.2, 0.25) is 5.75 Å². The van der Waals surface area contributed by atoms with Crippen molar-refractivity contribution in [2.75, 3.05) is 45.1 Å². The normalized spacial score (nSPS) is 17.6. The molecule has 12 heteroatoms. The summed E-state index contributed by atoms with van der Waals surface area (Å²) >= 11 is 5.42. The maximum absolute atomic E-state index is 11.4. The van der Waals surface area contributed by atoms with Crippen LogP contribution in [0.1, 0.15) is 12.8 Å². The Morgan fingerprint density at radius 1 is 1.03 bits per heavy atom. The van der Waals surface area contributed by atoms with Gasteiger partial charge in [-0.3, -0.25) is 0 Å². The van der Waals surface area contributed by atoms with Gasteiger partial charge in [0, 0.05) is 36.7 Å². The predicted molar refractivity (Wildman–Crippen MR) is 133 cm³/mol. The fraction of sp³-hybridized carbons (Fsp3) is 0.364. The van der Waals surface area contributed by atoms with Crippen LogP contribution in [0.2, 0.25) is 0 Å². The zero-order chi connectivity index (χ0) is 24.1. The first kappa shape index (κ1) is 23.7. The molecule has 1 aliphatic rings. The van der Waals surface area contributed by atoms with Crippen molar-refractivity contribution < 1.29 is 19.3 Å². The Hall–Kier alpha value is -3.48. The average Bonchev–Trinajstić information content (AvgIpc) is 2.84. The quantitative estimate of drug-likeness (QED) is 0.288. The lowest BCUT2D eigenvalue weighted by Gasteiger charge is -2.32. The topological polar surface area (TPSA) is 130 Å². The third-order valence-corrected chi connectivity index (χ3v) is 5.68. The largest absolute Gasteiger partial charge is 0.634 e. The molecule has 1 aliphatic heterocycles. The van der Waals surface area contributed by atoms with Crippen molar-refractivity contribution in [2.24, 2.45) is 0 Å². The number of anilines is 3. The number of fused-ring (bicyclic) bond motifs is 1. The Balaban J connectivity index is 1.49. The van der Waals surface area contributed by atoms with Gasteiger partial charge in [0.05, 0.1) is 40.6 Å². The van der Waals surface area contributed by atoms with E-state index in [1.165, 1.54) is 0 Å². The molecule has 11 nitrogen and oxygen atoms in total. The second-order valence-electron chi connectivity index (χ2n) is 7.74. The van der Waals surface area contributed by atoms with Crippen molar-refractivity contribution in [1.29, 1.82) is 0 Å². The highest BCUT2D eigenvalue weighted by molar-refractivity contribution is 7.80. The van der Waals surface area contributed by atoms with Crippen LogP contribution in [0.5, 0.6) is 17.2 Å². The van der Waals surface area contributed by atoms with Crippen LogP contribution in [0.25, 0.3) is 11.2 Å². The van der Waals surface area contributed by atoms with Crippen molar-refractivity contribution in [1.82, 2.24) is 20.3 Å². The minimum atomic E-state index is 0.187. The maximum atomic E-state index is 11.4. The molecule has 4 N–H and O–H groups in total. The summed E-state index contributed by atoms with van der Waals surface area (Å²) in [4.78, 5) is 13.6. The van der Waals surface area contributed by atoms with E-state index in [1.54, 1.807) is 45.7 Å². The molecule has 4 rings (SSSR count). The van der Waals surface area contributed by atoms with E-state index in [-0.39, 0.29) is 6.04 Å². The van der Waals surface area contributed by atoms with Crippen LogP contribution < -0.4 is 35.2 Å². The summed E-state index contributed by atoms with van der Waals surface area (Å²) in [6, 6.07) is 7.36. The van der Waals surface area contributed by atoms with Gasteiger partial charge < -0.3 is 40.4 Å².